The first-order chi connectivity index (χ1) is 12.4. The van der Waals surface area contributed by atoms with E-state index in [9.17, 15) is 9.59 Å². The average Bonchev–Trinajstić information content (AvgIpc) is 2.96. The molecule has 3 rings (SSSR count). The highest BCUT2D eigenvalue weighted by Crippen LogP contribution is 2.31. The second-order valence-corrected chi connectivity index (χ2v) is 7.06. The number of allylic oxidation sites excluding steroid dienone is 1. The van der Waals surface area contributed by atoms with Crippen LogP contribution < -0.4 is 16.4 Å². The predicted molar refractivity (Wildman–Crippen MR) is 106 cm³/mol. The van der Waals surface area contributed by atoms with Crippen LogP contribution in [0.4, 0.5) is 15.8 Å². The molecule has 0 bridgehead atoms. The Morgan fingerprint density at radius 1 is 1.19 bits per heavy atom. The van der Waals surface area contributed by atoms with E-state index in [2.05, 4.69) is 15.6 Å². The van der Waals surface area contributed by atoms with Crippen molar-refractivity contribution in [1.29, 1.82) is 0 Å². The fourth-order valence-corrected chi connectivity index (χ4v) is 3.34. The van der Waals surface area contributed by atoms with Crippen LogP contribution >= 0.6 is 22.9 Å². The lowest BCUT2D eigenvalue weighted by molar-refractivity contribution is -0.111. The first-order valence-electron chi connectivity index (χ1n) is 7.63. The quantitative estimate of drug-likeness (QED) is 0.572. The van der Waals surface area contributed by atoms with Gasteiger partial charge in [0.1, 0.15) is 5.00 Å². The van der Waals surface area contributed by atoms with Crippen molar-refractivity contribution in [2.24, 2.45) is 5.73 Å². The van der Waals surface area contributed by atoms with E-state index in [4.69, 9.17) is 17.3 Å². The summed E-state index contributed by atoms with van der Waals surface area (Å²) in [6.07, 6.45) is 1.21. The van der Waals surface area contributed by atoms with Crippen molar-refractivity contribution >= 4 is 61.3 Å². The molecule has 1 aromatic heterocycles. The molecule has 0 aliphatic rings. The van der Waals surface area contributed by atoms with Gasteiger partial charge in [-0.05, 0) is 29.8 Å². The largest absolute Gasteiger partial charge is 0.364 e. The Morgan fingerprint density at radius 3 is 2.62 bits per heavy atom. The third-order valence-electron chi connectivity index (χ3n) is 3.43. The zero-order valence-electron chi connectivity index (χ0n) is 13.7. The van der Waals surface area contributed by atoms with Crippen LogP contribution in [0.15, 0.2) is 53.6 Å². The number of rotatable bonds is 5. The molecule has 0 aliphatic carbocycles. The molecular weight excluding hydrogens is 372 g/mol. The third kappa shape index (κ3) is 4.19. The van der Waals surface area contributed by atoms with Crippen LogP contribution in [0.3, 0.4) is 0 Å². The second kappa shape index (κ2) is 7.55. The maximum Gasteiger partial charge on any atom is 0.270 e. The number of amides is 2. The Labute approximate surface area is 158 Å². The van der Waals surface area contributed by atoms with Crippen molar-refractivity contribution in [2.75, 3.05) is 10.6 Å². The average molecular weight is 387 g/mol. The van der Waals surface area contributed by atoms with Crippen LogP contribution in [-0.2, 0) is 4.79 Å². The molecular formula is C18H15ClN4O2S. The molecule has 0 unspecified atom stereocenters. The highest BCUT2D eigenvalue weighted by molar-refractivity contribution is 7.20. The minimum Gasteiger partial charge on any atom is -0.364 e. The van der Waals surface area contributed by atoms with E-state index in [1.165, 1.54) is 6.08 Å². The highest BCUT2D eigenvalue weighted by atomic mass is 35.5. The first kappa shape index (κ1) is 17.9. The van der Waals surface area contributed by atoms with Crippen molar-refractivity contribution in [2.45, 2.75) is 6.92 Å². The lowest BCUT2D eigenvalue weighted by atomic mass is 10.1. The number of carbonyl (C=O) groups excluding carboxylic acids is 2. The van der Waals surface area contributed by atoms with E-state index >= 15 is 0 Å². The highest BCUT2D eigenvalue weighted by Gasteiger charge is 2.17. The molecule has 1 heterocycles. The molecule has 132 valence electrons. The van der Waals surface area contributed by atoms with Crippen LogP contribution in [0.2, 0.25) is 0 Å². The maximum atomic E-state index is 11.8. The number of halogens is 1. The van der Waals surface area contributed by atoms with Gasteiger partial charge in [-0.1, -0.05) is 53.3 Å². The SMILES string of the molecule is C/C(Cl)=C/C(=O)Nc1sc(Nc2ccc3ccccc3c2)nc1C(N)=O. The van der Waals surface area contributed by atoms with Crippen LogP contribution in [0.5, 0.6) is 0 Å². The molecule has 2 aromatic carbocycles. The number of aromatic nitrogens is 1. The molecule has 4 N–H and O–H groups in total. The maximum absolute atomic E-state index is 11.8. The van der Waals surface area contributed by atoms with Crippen molar-refractivity contribution in [3.05, 3.63) is 59.3 Å². The minimum absolute atomic E-state index is 0.00716. The number of primary amides is 1. The summed E-state index contributed by atoms with van der Waals surface area (Å²) in [5.74, 6) is -1.18. The summed E-state index contributed by atoms with van der Waals surface area (Å²) in [6, 6.07) is 13.8. The molecule has 0 fully saturated rings. The van der Waals surface area contributed by atoms with Gasteiger partial charge < -0.3 is 16.4 Å². The Kier molecular flexibility index (Phi) is 5.20. The molecule has 8 heteroatoms. The van der Waals surface area contributed by atoms with Crippen LogP contribution in [0.25, 0.3) is 10.8 Å². The summed E-state index contributed by atoms with van der Waals surface area (Å²) in [4.78, 5) is 27.6. The normalized spacial score (nSPS) is 11.4. The number of hydrogen-bond acceptors (Lipinski definition) is 5. The van der Waals surface area contributed by atoms with Gasteiger partial charge >= 0.3 is 0 Å². The number of anilines is 3. The third-order valence-corrected chi connectivity index (χ3v) is 4.42. The van der Waals surface area contributed by atoms with E-state index in [0.717, 1.165) is 27.8 Å². The second-order valence-electron chi connectivity index (χ2n) is 5.47. The van der Waals surface area contributed by atoms with Gasteiger partial charge in [-0.2, -0.15) is 0 Å². The molecule has 0 radical (unpaired) electrons. The summed E-state index contributed by atoms with van der Waals surface area (Å²) < 4.78 is 0. The molecule has 3 aromatic rings. The van der Waals surface area contributed by atoms with Crippen molar-refractivity contribution < 1.29 is 9.59 Å². The number of nitrogens with zero attached hydrogens (tertiary/aromatic N) is 1. The van der Waals surface area contributed by atoms with Gasteiger partial charge in [0, 0.05) is 16.8 Å². The number of hydrogen-bond donors (Lipinski definition) is 3. The standard InChI is InChI=1S/C18H15ClN4O2S/c1-10(19)8-14(24)22-17-15(16(20)25)23-18(26-17)21-13-7-6-11-4-2-3-5-12(11)9-13/h2-9H,1H3,(H2,20,25)(H,21,23)(H,22,24)/b10-8-. The summed E-state index contributed by atoms with van der Waals surface area (Å²) in [5.41, 5.74) is 6.16. The van der Waals surface area contributed by atoms with E-state index < -0.39 is 11.8 Å². The zero-order chi connectivity index (χ0) is 18.7. The van der Waals surface area contributed by atoms with Gasteiger partial charge in [-0.3, -0.25) is 9.59 Å². The fourth-order valence-electron chi connectivity index (χ4n) is 2.34. The first-order valence-corrected chi connectivity index (χ1v) is 8.83. The van der Waals surface area contributed by atoms with Crippen LogP contribution in [0.1, 0.15) is 17.4 Å². The molecule has 26 heavy (non-hydrogen) atoms. The van der Waals surface area contributed by atoms with Crippen molar-refractivity contribution in [1.82, 2.24) is 4.98 Å². The van der Waals surface area contributed by atoms with Crippen molar-refractivity contribution in [3.8, 4) is 0 Å². The number of fused-ring (bicyclic) bond motifs is 1. The smallest absolute Gasteiger partial charge is 0.270 e. The molecule has 0 spiro atoms. The lowest BCUT2D eigenvalue weighted by Crippen LogP contribution is -2.16. The summed E-state index contributed by atoms with van der Waals surface area (Å²) in [6.45, 7) is 1.58. The summed E-state index contributed by atoms with van der Waals surface area (Å²) in [5, 5.41) is 8.92. The van der Waals surface area contributed by atoms with Gasteiger partial charge in [0.05, 0.1) is 0 Å². The topological polar surface area (TPSA) is 97.1 Å². The molecule has 2 amide bonds. The fraction of sp³-hybridized carbons (Fsp3) is 0.0556. The van der Waals surface area contributed by atoms with Crippen LogP contribution in [0, 0.1) is 0 Å². The monoisotopic (exact) mass is 386 g/mol. The van der Waals surface area contributed by atoms with E-state index in [-0.39, 0.29) is 10.7 Å². The number of nitrogens with one attached hydrogen (secondary N) is 2. The van der Waals surface area contributed by atoms with Gasteiger partial charge in [0.25, 0.3) is 5.91 Å². The minimum atomic E-state index is -0.727. The molecule has 0 aliphatic heterocycles. The van der Waals surface area contributed by atoms with E-state index in [1.807, 2.05) is 42.5 Å². The molecule has 0 atom stereocenters. The molecule has 6 nitrogen and oxygen atoms in total. The van der Waals surface area contributed by atoms with Crippen LogP contribution in [-0.4, -0.2) is 16.8 Å². The molecule has 0 saturated heterocycles. The summed E-state index contributed by atoms with van der Waals surface area (Å²) in [7, 11) is 0. The Balaban J connectivity index is 1.87. The Morgan fingerprint density at radius 2 is 1.92 bits per heavy atom. The zero-order valence-corrected chi connectivity index (χ0v) is 15.3. The Hall–Kier alpha value is -2.90. The number of thiazole rings is 1. The van der Waals surface area contributed by atoms with Gasteiger partial charge in [-0.15, -0.1) is 0 Å². The predicted octanol–water partition coefficient (Wildman–Crippen LogP) is 4.22. The van der Waals surface area contributed by atoms with Crippen molar-refractivity contribution in [3.63, 3.8) is 0 Å². The summed E-state index contributed by atoms with van der Waals surface area (Å²) >= 11 is 6.80. The number of benzene rings is 2. The van der Waals surface area contributed by atoms with Gasteiger partial charge in [0.2, 0.25) is 5.91 Å². The van der Waals surface area contributed by atoms with Gasteiger partial charge in [0.15, 0.2) is 10.8 Å². The number of nitrogens with two attached hydrogens (primary N) is 1. The molecule has 0 saturated carbocycles. The Bertz CT molecular complexity index is 1020. The van der Waals surface area contributed by atoms with Gasteiger partial charge in [-0.25, -0.2) is 4.98 Å². The lowest BCUT2D eigenvalue weighted by Gasteiger charge is -2.04. The van der Waals surface area contributed by atoms with E-state index in [1.54, 1.807) is 6.92 Å². The van der Waals surface area contributed by atoms with E-state index in [0.29, 0.717) is 10.2 Å². The number of carbonyl (C=O) groups is 2.